The van der Waals surface area contributed by atoms with Crippen LogP contribution in [0.1, 0.15) is 22.3 Å². The van der Waals surface area contributed by atoms with Gasteiger partial charge in [0.25, 0.3) is 0 Å². The summed E-state index contributed by atoms with van der Waals surface area (Å²) in [5.74, 6) is 1.43. The molecule has 2 aliphatic rings. The second kappa shape index (κ2) is 4.52. The summed E-state index contributed by atoms with van der Waals surface area (Å²) in [5, 5.41) is 0. The van der Waals surface area contributed by atoms with Gasteiger partial charge < -0.3 is 20.9 Å². The van der Waals surface area contributed by atoms with E-state index in [4.69, 9.17) is 20.9 Å². The van der Waals surface area contributed by atoms with Gasteiger partial charge in [-0.25, -0.2) is 0 Å². The van der Waals surface area contributed by atoms with Crippen molar-refractivity contribution < 1.29 is 9.47 Å². The monoisotopic (exact) mass is 316 g/mol. The van der Waals surface area contributed by atoms with E-state index < -0.39 is 5.60 Å². The fourth-order valence-corrected chi connectivity index (χ4v) is 3.79. The van der Waals surface area contributed by atoms with Crippen LogP contribution < -0.4 is 16.2 Å². The average molecular weight is 316 g/mol. The van der Waals surface area contributed by atoms with Crippen molar-refractivity contribution in [2.24, 2.45) is 0 Å². The lowest BCUT2D eigenvalue weighted by Crippen LogP contribution is -2.32. The number of rotatable bonds is 0. The quantitative estimate of drug-likeness (QED) is 0.619. The van der Waals surface area contributed by atoms with E-state index in [2.05, 4.69) is 12.1 Å². The van der Waals surface area contributed by atoms with Crippen LogP contribution in [0.15, 0.2) is 60.7 Å². The minimum absolute atomic E-state index is 0.559. The van der Waals surface area contributed by atoms with E-state index in [0.717, 1.165) is 16.7 Å². The van der Waals surface area contributed by atoms with Crippen LogP contribution in [0, 0.1) is 0 Å². The molecule has 0 radical (unpaired) electrons. The van der Waals surface area contributed by atoms with Gasteiger partial charge in [-0.1, -0.05) is 24.3 Å². The molecule has 0 aliphatic carbocycles. The molecule has 0 bridgehead atoms. The Hall–Kier alpha value is -2.98. The van der Waals surface area contributed by atoms with E-state index in [0.29, 0.717) is 29.5 Å². The van der Waals surface area contributed by atoms with Crippen molar-refractivity contribution in [2.45, 2.75) is 12.2 Å². The van der Waals surface area contributed by atoms with Crippen molar-refractivity contribution >= 4 is 11.4 Å². The predicted octanol–water partition coefficient (Wildman–Crippen LogP) is 3.78. The Labute approximate surface area is 139 Å². The zero-order valence-corrected chi connectivity index (χ0v) is 13.0. The molecule has 0 unspecified atom stereocenters. The van der Waals surface area contributed by atoms with Crippen LogP contribution in [0.4, 0.5) is 11.4 Å². The molecular weight excluding hydrogens is 300 g/mol. The van der Waals surface area contributed by atoms with Crippen molar-refractivity contribution in [2.75, 3.05) is 11.5 Å². The lowest BCUT2D eigenvalue weighted by Gasteiger charge is -2.37. The average Bonchev–Trinajstić information content (AvgIpc) is 2.95. The summed E-state index contributed by atoms with van der Waals surface area (Å²) in [6, 6.07) is 19.7. The number of benzene rings is 3. The van der Waals surface area contributed by atoms with Crippen LogP contribution in [0.2, 0.25) is 0 Å². The highest BCUT2D eigenvalue weighted by Gasteiger charge is 2.49. The second-order valence-corrected chi connectivity index (χ2v) is 6.24. The number of nitrogens with two attached hydrogens (primary N) is 2. The van der Waals surface area contributed by atoms with Crippen molar-refractivity contribution in [1.29, 1.82) is 0 Å². The zero-order valence-electron chi connectivity index (χ0n) is 13.0. The fourth-order valence-electron chi connectivity index (χ4n) is 3.79. The third-order valence-corrected chi connectivity index (χ3v) is 4.83. The van der Waals surface area contributed by atoms with Gasteiger partial charge in [-0.2, -0.15) is 0 Å². The lowest BCUT2D eigenvalue weighted by molar-refractivity contribution is 0.0200. The Morgan fingerprint density at radius 1 is 0.750 bits per heavy atom. The summed E-state index contributed by atoms with van der Waals surface area (Å²) in [5.41, 5.74) is 16.8. The van der Waals surface area contributed by atoms with E-state index in [1.54, 1.807) is 0 Å². The Morgan fingerprint density at radius 3 is 2.04 bits per heavy atom. The van der Waals surface area contributed by atoms with Gasteiger partial charge >= 0.3 is 0 Å². The molecule has 0 saturated carbocycles. The number of hydrogen-bond donors (Lipinski definition) is 2. The molecule has 1 spiro atoms. The molecule has 3 aromatic carbocycles. The molecule has 0 amide bonds. The van der Waals surface area contributed by atoms with Gasteiger partial charge in [0, 0.05) is 34.6 Å². The molecule has 4 N–H and O–H groups in total. The first-order valence-electron chi connectivity index (χ1n) is 7.89. The van der Waals surface area contributed by atoms with Gasteiger partial charge in [-0.3, -0.25) is 0 Å². The summed E-state index contributed by atoms with van der Waals surface area (Å²) in [7, 11) is 0. The van der Waals surface area contributed by atoms with Crippen molar-refractivity contribution in [3.63, 3.8) is 0 Å². The van der Waals surface area contributed by atoms with Crippen LogP contribution in [-0.4, -0.2) is 0 Å². The fraction of sp³-hybridized carbons (Fsp3) is 0.100. The number of nitrogen functional groups attached to an aromatic ring is 2. The minimum atomic E-state index is -0.680. The molecule has 0 atom stereocenters. The summed E-state index contributed by atoms with van der Waals surface area (Å²) < 4.78 is 12.5. The molecule has 2 heterocycles. The topological polar surface area (TPSA) is 70.5 Å². The minimum Gasteiger partial charge on any atom is -0.456 e. The summed E-state index contributed by atoms with van der Waals surface area (Å²) >= 11 is 0. The van der Waals surface area contributed by atoms with Gasteiger partial charge in [-0.05, 0) is 35.4 Å². The molecule has 0 saturated heterocycles. The molecule has 5 rings (SSSR count). The summed E-state index contributed by atoms with van der Waals surface area (Å²) in [4.78, 5) is 0. The molecule has 0 fully saturated rings. The van der Waals surface area contributed by atoms with Crippen molar-refractivity contribution in [1.82, 2.24) is 0 Å². The van der Waals surface area contributed by atoms with E-state index in [1.165, 1.54) is 5.56 Å². The maximum atomic E-state index is 6.42. The summed E-state index contributed by atoms with van der Waals surface area (Å²) in [6.07, 6.45) is 0. The zero-order chi connectivity index (χ0) is 16.3. The van der Waals surface area contributed by atoms with E-state index in [1.807, 2.05) is 48.5 Å². The Morgan fingerprint density at radius 2 is 1.38 bits per heavy atom. The Kier molecular flexibility index (Phi) is 2.54. The smallest absolute Gasteiger partial charge is 0.151 e. The van der Waals surface area contributed by atoms with Crippen molar-refractivity contribution in [3.05, 3.63) is 82.9 Å². The molecular formula is C20H16N2O2. The third-order valence-electron chi connectivity index (χ3n) is 4.83. The predicted molar refractivity (Wildman–Crippen MR) is 92.9 cm³/mol. The highest BCUT2D eigenvalue weighted by Crippen LogP contribution is 2.56. The van der Waals surface area contributed by atoms with Gasteiger partial charge in [-0.15, -0.1) is 0 Å². The van der Waals surface area contributed by atoms with E-state index in [-0.39, 0.29) is 0 Å². The standard InChI is InChI=1S/C20H16N2O2/c21-13-5-7-16-18(9-13)24-19-10-14(22)6-8-17(19)20(16)15-4-2-1-3-12(15)11-23-20/h1-10H,11,21-22H2. The number of anilines is 2. The molecule has 24 heavy (non-hydrogen) atoms. The van der Waals surface area contributed by atoms with Crippen LogP contribution in [0.25, 0.3) is 0 Å². The normalized spacial score (nSPS) is 16.2. The Balaban J connectivity index is 1.88. The van der Waals surface area contributed by atoms with Crippen LogP contribution in [0.3, 0.4) is 0 Å². The highest BCUT2D eigenvalue weighted by molar-refractivity contribution is 5.67. The van der Waals surface area contributed by atoms with E-state index >= 15 is 0 Å². The molecule has 3 aromatic rings. The molecule has 2 aliphatic heterocycles. The number of fused-ring (bicyclic) bond motifs is 6. The SMILES string of the molecule is Nc1ccc2c(c1)Oc1cc(N)ccc1C21OCc2ccccc21. The summed E-state index contributed by atoms with van der Waals surface area (Å²) in [6.45, 7) is 0.559. The lowest BCUT2D eigenvalue weighted by atomic mass is 9.77. The highest BCUT2D eigenvalue weighted by atomic mass is 16.5. The van der Waals surface area contributed by atoms with E-state index in [9.17, 15) is 0 Å². The molecule has 118 valence electrons. The van der Waals surface area contributed by atoms with Gasteiger partial charge in [0.05, 0.1) is 6.61 Å². The van der Waals surface area contributed by atoms with Gasteiger partial charge in [0.2, 0.25) is 0 Å². The van der Waals surface area contributed by atoms with Crippen LogP contribution >= 0.6 is 0 Å². The number of hydrogen-bond acceptors (Lipinski definition) is 4. The first-order valence-corrected chi connectivity index (χ1v) is 7.89. The van der Waals surface area contributed by atoms with Gasteiger partial charge in [0.15, 0.2) is 5.60 Å². The first-order chi connectivity index (χ1) is 11.7. The third kappa shape index (κ3) is 1.61. The van der Waals surface area contributed by atoms with Crippen molar-refractivity contribution in [3.8, 4) is 11.5 Å². The van der Waals surface area contributed by atoms with Crippen LogP contribution in [-0.2, 0) is 16.9 Å². The molecule has 0 aromatic heterocycles. The maximum absolute atomic E-state index is 6.42. The largest absolute Gasteiger partial charge is 0.456 e. The Bertz CT molecular complexity index is 930. The molecule has 4 heteroatoms. The molecule has 4 nitrogen and oxygen atoms in total. The second-order valence-electron chi connectivity index (χ2n) is 6.24. The number of ether oxygens (including phenoxy) is 2. The van der Waals surface area contributed by atoms with Crippen LogP contribution in [0.5, 0.6) is 11.5 Å². The van der Waals surface area contributed by atoms with Gasteiger partial charge in [0.1, 0.15) is 11.5 Å². The maximum Gasteiger partial charge on any atom is 0.151 e. The first kappa shape index (κ1) is 13.5.